The van der Waals surface area contributed by atoms with Crippen LogP contribution in [0.1, 0.15) is 29.6 Å². The standard InChI is InChI=1S/C25H22N4O6/c1-35-25(30)23-22(26-18-5-3-2-4-6-18)15-21(16-7-11-19(12-8-16)28(31)32)27-24(23)17-9-13-20(14-10-17)29(33)34/h2-14,21,24,26-27H,15H2,1H3/t21-,24+/m0/s1. The number of non-ortho nitro benzene ring substituents is 2. The molecule has 35 heavy (non-hydrogen) atoms. The third kappa shape index (κ3) is 5.17. The van der Waals surface area contributed by atoms with Crippen LogP contribution < -0.4 is 10.6 Å². The van der Waals surface area contributed by atoms with E-state index >= 15 is 0 Å². The van der Waals surface area contributed by atoms with Crippen molar-refractivity contribution in [1.29, 1.82) is 0 Å². The molecule has 2 N–H and O–H groups in total. The summed E-state index contributed by atoms with van der Waals surface area (Å²) < 4.78 is 5.09. The first-order chi connectivity index (χ1) is 16.9. The maximum atomic E-state index is 12.9. The predicted octanol–water partition coefficient (Wildman–Crippen LogP) is 4.82. The predicted molar refractivity (Wildman–Crippen MR) is 129 cm³/mol. The molecule has 1 aliphatic rings. The van der Waals surface area contributed by atoms with Crippen LogP contribution in [0.2, 0.25) is 0 Å². The second-order valence-electron chi connectivity index (χ2n) is 7.93. The molecule has 1 heterocycles. The molecule has 10 heteroatoms. The van der Waals surface area contributed by atoms with Crippen molar-refractivity contribution in [1.82, 2.24) is 5.32 Å². The summed E-state index contributed by atoms with van der Waals surface area (Å²) in [5.41, 5.74) is 3.08. The van der Waals surface area contributed by atoms with Crippen molar-refractivity contribution < 1.29 is 19.4 Å². The Morgan fingerprint density at radius 2 is 1.43 bits per heavy atom. The van der Waals surface area contributed by atoms with Gasteiger partial charge in [0, 0.05) is 48.1 Å². The Morgan fingerprint density at radius 3 is 1.94 bits per heavy atom. The summed E-state index contributed by atoms with van der Waals surface area (Å²) in [4.78, 5) is 34.2. The number of carbonyl (C=O) groups is 1. The monoisotopic (exact) mass is 474 g/mol. The van der Waals surface area contributed by atoms with Gasteiger partial charge in [0.05, 0.1) is 28.6 Å². The van der Waals surface area contributed by atoms with Crippen LogP contribution >= 0.6 is 0 Å². The molecule has 4 rings (SSSR count). The fourth-order valence-electron chi connectivity index (χ4n) is 4.09. The zero-order valence-electron chi connectivity index (χ0n) is 18.7. The van der Waals surface area contributed by atoms with Gasteiger partial charge in [-0.1, -0.05) is 42.5 Å². The lowest BCUT2D eigenvalue weighted by Gasteiger charge is -2.35. The molecule has 0 radical (unpaired) electrons. The maximum absolute atomic E-state index is 12.9. The molecule has 178 valence electrons. The Morgan fingerprint density at radius 1 is 0.886 bits per heavy atom. The Labute approximate surface area is 200 Å². The molecule has 1 aliphatic heterocycles. The second-order valence-corrected chi connectivity index (χ2v) is 7.93. The molecule has 0 amide bonds. The number of nitro groups is 2. The van der Waals surface area contributed by atoms with Gasteiger partial charge in [-0.25, -0.2) is 4.79 Å². The van der Waals surface area contributed by atoms with E-state index in [0.29, 0.717) is 23.3 Å². The van der Waals surface area contributed by atoms with Crippen LogP contribution in [0.5, 0.6) is 0 Å². The van der Waals surface area contributed by atoms with Crippen molar-refractivity contribution in [3.8, 4) is 0 Å². The SMILES string of the molecule is COC(=O)C1=C(Nc2ccccc2)C[C@@H](c2ccc([N+](=O)[O-])cc2)N[C@@H]1c1ccc([N+](=O)[O-])cc1. The molecule has 2 atom stereocenters. The quantitative estimate of drug-likeness (QED) is 0.283. The maximum Gasteiger partial charge on any atom is 0.337 e. The summed E-state index contributed by atoms with van der Waals surface area (Å²) in [6.07, 6.45) is 0.376. The van der Waals surface area contributed by atoms with Crippen molar-refractivity contribution in [3.05, 3.63) is 121 Å². The highest BCUT2D eigenvalue weighted by Crippen LogP contribution is 2.39. The van der Waals surface area contributed by atoms with E-state index in [0.717, 1.165) is 11.3 Å². The summed E-state index contributed by atoms with van der Waals surface area (Å²) in [7, 11) is 1.30. The summed E-state index contributed by atoms with van der Waals surface area (Å²) >= 11 is 0. The number of rotatable bonds is 7. The highest BCUT2D eigenvalue weighted by molar-refractivity contribution is 5.92. The summed E-state index contributed by atoms with van der Waals surface area (Å²) in [5, 5.41) is 29.0. The second kappa shape index (κ2) is 10.1. The van der Waals surface area contributed by atoms with Gasteiger partial charge in [-0.3, -0.25) is 25.5 Å². The molecule has 0 bridgehead atoms. The van der Waals surface area contributed by atoms with Crippen molar-refractivity contribution in [3.63, 3.8) is 0 Å². The number of carbonyl (C=O) groups excluding carboxylic acids is 1. The molecule has 0 saturated heterocycles. The van der Waals surface area contributed by atoms with E-state index in [9.17, 15) is 25.0 Å². The number of nitrogens with zero attached hydrogens (tertiary/aromatic N) is 2. The number of hydrogen-bond acceptors (Lipinski definition) is 8. The third-order valence-electron chi connectivity index (χ3n) is 5.81. The van der Waals surface area contributed by atoms with Crippen molar-refractivity contribution >= 4 is 23.0 Å². The van der Waals surface area contributed by atoms with Crippen LogP contribution in [0.25, 0.3) is 0 Å². The van der Waals surface area contributed by atoms with Crippen molar-refractivity contribution in [2.75, 3.05) is 12.4 Å². The largest absolute Gasteiger partial charge is 0.466 e. The number of anilines is 1. The molecule has 10 nitrogen and oxygen atoms in total. The summed E-state index contributed by atoms with van der Waals surface area (Å²) in [6, 6.07) is 20.5. The van der Waals surface area contributed by atoms with E-state index in [1.54, 1.807) is 24.3 Å². The zero-order valence-corrected chi connectivity index (χ0v) is 18.7. The molecule has 3 aromatic rings. The topological polar surface area (TPSA) is 137 Å². The lowest BCUT2D eigenvalue weighted by atomic mass is 9.87. The summed E-state index contributed by atoms with van der Waals surface area (Å²) in [5.74, 6) is -0.540. The van der Waals surface area contributed by atoms with Crippen LogP contribution in [0.4, 0.5) is 17.1 Å². The number of esters is 1. The smallest absolute Gasteiger partial charge is 0.337 e. The van der Waals surface area contributed by atoms with Crippen LogP contribution in [0, 0.1) is 20.2 Å². The molecule has 0 aromatic heterocycles. The van der Waals surface area contributed by atoms with Gasteiger partial charge in [-0.05, 0) is 23.3 Å². The molecule has 0 saturated carbocycles. The minimum atomic E-state index is -0.650. The van der Waals surface area contributed by atoms with E-state index in [-0.39, 0.29) is 17.4 Å². The highest BCUT2D eigenvalue weighted by atomic mass is 16.6. The average molecular weight is 474 g/mol. The Hall–Kier alpha value is -4.57. The zero-order chi connectivity index (χ0) is 24.9. The number of nitrogens with one attached hydrogen (secondary N) is 2. The van der Waals surface area contributed by atoms with Gasteiger partial charge in [0.1, 0.15) is 0 Å². The number of ether oxygens (including phenoxy) is 1. The minimum absolute atomic E-state index is 0.0232. The minimum Gasteiger partial charge on any atom is -0.466 e. The van der Waals surface area contributed by atoms with Gasteiger partial charge in [0.25, 0.3) is 11.4 Å². The highest BCUT2D eigenvalue weighted by Gasteiger charge is 2.35. The fourth-order valence-corrected chi connectivity index (χ4v) is 4.09. The average Bonchev–Trinajstić information content (AvgIpc) is 2.88. The number of nitro benzene ring substituents is 2. The Kier molecular flexibility index (Phi) is 6.83. The summed E-state index contributed by atoms with van der Waals surface area (Å²) in [6.45, 7) is 0. The van der Waals surface area contributed by atoms with Gasteiger partial charge in [0.15, 0.2) is 0 Å². The molecule has 0 unspecified atom stereocenters. The van der Waals surface area contributed by atoms with Gasteiger partial charge >= 0.3 is 5.97 Å². The van der Waals surface area contributed by atoms with Crippen LogP contribution in [0.3, 0.4) is 0 Å². The van der Waals surface area contributed by atoms with Gasteiger partial charge in [0.2, 0.25) is 0 Å². The van der Waals surface area contributed by atoms with E-state index in [4.69, 9.17) is 4.74 Å². The molecular weight excluding hydrogens is 452 g/mol. The van der Waals surface area contributed by atoms with E-state index in [1.165, 1.54) is 31.4 Å². The van der Waals surface area contributed by atoms with E-state index in [2.05, 4.69) is 10.6 Å². The van der Waals surface area contributed by atoms with Gasteiger partial charge < -0.3 is 10.1 Å². The van der Waals surface area contributed by atoms with E-state index in [1.807, 2.05) is 30.3 Å². The molecule has 3 aromatic carbocycles. The van der Waals surface area contributed by atoms with Crippen molar-refractivity contribution in [2.24, 2.45) is 0 Å². The molecule has 0 fully saturated rings. The Balaban J connectivity index is 1.80. The first kappa shape index (κ1) is 23.6. The van der Waals surface area contributed by atoms with Crippen LogP contribution in [-0.2, 0) is 9.53 Å². The number of para-hydroxylation sites is 1. The first-order valence-electron chi connectivity index (χ1n) is 10.8. The normalized spacial score (nSPS) is 17.5. The van der Waals surface area contributed by atoms with Gasteiger partial charge in [-0.2, -0.15) is 0 Å². The fraction of sp³-hybridized carbons (Fsp3) is 0.160. The Bertz CT molecular complexity index is 1270. The number of hydrogen-bond donors (Lipinski definition) is 2. The van der Waals surface area contributed by atoms with E-state index < -0.39 is 21.9 Å². The van der Waals surface area contributed by atoms with Gasteiger partial charge in [-0.15, -0.1) is 0 Å². The molecule has 0 spiro atoms. The lowest BCUT2D eigenvalue weighted by molar-refractivity contribution is -0.385. The molecule has 0 aliphatic carbocycles. The van der Waals surface area contributed by atoms with Crippen molar-refractivity contribution in [2.45, 2.75) is 18.5 Å². The molecular formula is C25H22N4O6. The lowest BCUT2D eigenvalue weighted by Crippen LogP contribution is -2.37. The number of benzene rings is 3. The van der Waals surface area contributed by atoms with Crippen LogP contribution in [-0.4, -0.2) is 22.9 Å². The third-order valence-corrected chi connectivity index (χ3v) is 5.81. The first-order valence-corrected chi connectivity index (χ1v) is 10.8. The number of methoxy groups -OCH3 is 1. The van der Waals surface area contributed by atoms with Crippen LogP contribution in [0.15, 0.2) is 90.1 Å².